The SMILES string of the molecule is CCCCC(=O)Nc1nc2nc(CCC)cc(=O)n2[nH]1. The van der Waals surface area contributed by atoms with Crippen LogP contribution in [0.5, 0.6) is 0 Å². The van der Waals surface area contributed by atoms with Crippen LogP contribution in [0.3, 0.4) is 0 Å². The molecule has 2 aromatic rings. The lowest BCUT2D eigenvalue weighted by Crippen LogP contribution is -2.16. The topological polar surface area (TPSA) is 92.2 Å². The predicted octanol–water partition coefficient (Wildman–Crippen LogP) is 1.50. The van der Waals surface area contributed by atoms with Crippen LogP contribution in [-0.4, -0.2) is 25.5 Å². The number of nitrogens with zero attached hydrogens (tertiary/aromatic N) is 3. The van der Waals surface area contributed by atoms with Gasteiger partial charge in [-0.2, -0.15) is 9.50 Å². The van der Waals surface area contributed by atoms with Gasteiger partial charge in [0.1, 0.15) is 0 Å². The minimum atomic E-state index is -0.222. The Morgan fingerprint density at radius 3 is 2.85 bits per heavy atom. The first-order valence-electron chi connectivity index (χ1n) is 6.92. The van der Waals surface area contributed by atoms with Gasteiger partial charge in [-0.1, -0.05) is 26.7 Å². The number of nitrogens with one attached hydrogen (secondary N) is 2. The van der Waals surface area contributed by atoms with Gasteiger partial charge in [-0.05, 0) is 12.8 Å². The van der Waals surface area contributed by atoms with E-state index in [4.69, 9.17) is 0 Å². The lowest BCUT2D eigenvalue weighted by atomic mass is 10.2. The third kappa shape index (κ3) is 3.23. The van der Waals surface area contributed by atoms with Crippen molar-refractivity contribution < 1.29 is 4.79 Å². The number of hydrogen-bond donors (Lipinski definition) is 2. The molecule has 0 aliphatic rings. The molecule has 2 aromatic heterocycles. The molecule has 0 radical (unpaired) electrons. The average molecular weight is 277 g/mol. The second kappa shape index (κ2) is 6.31. The Balaban J connectivity index is 2.22. The van der Waals surface area contributed by atoms with Crippen molar-refractivity contribution in [3.05, 3.63) is 22.1 Å². The van der Waals surface area contributed by atoms with E-state index >= 15 is 0 Å². The van der Waals surface area contributed by atoms with Crippen molar-refractivity contribution in [2.45, 2.75) is 46.0 Å². The van der Waals surface area contributed by atoms with Crippen LogP contribution in [0.15, 0.2) is 10.9 Å². The largest absolute Gasteiger partial charge is 0.295 e. The molecule has 0 bridgehead atoms. The fourth-order valence-corrected chi connectivity index (χ4v) is 1.90. The number of aromatic amines is 1. The highest BCUT2D eigenvalue weighted by Gasteiger charge is 2.09. The Labute approximate surface area is 116 Å². The van der Waals surface area contributed by atoms with Gasteiger partial charge in [-0.15, -0.1) is 0 Å². The highest BCUT2D eigenvalue weighted by atomic mass is 16.2. The van der Waals surface area contributed by atoms with Crippen LogP contribution < -0.4 is 10.9 Å². The van der Waals surface area contributed by atoms with Gasteiger partial charge in [0, 0.05) is 12.5 Å². The summed E-state index contributed by atoms with van der Waals surface area (Å²) in [6.45, 7) is 4.04. The molecule has 0 spiro atoms. The quantitative estimate of drug-likeness (QED) is 0.837. The van der Waals surface area contributed by atoms with E-state index in [1.807, 2.05) is 13.8 Å². The highest BCUT2D eigenvalue weighted by molar-refractivity contribution is 5.88. The summed E-state index contributed by atoms with van der Waals surface area (Å²) in [6, 6.07) is 1.48. The van der Waals surface area contributed by atoms with E-state index in [0.29, 0.717) is 12.1 Å². The third-order valence-electron chi connectivity index (χ3n) is 2.90. The zero-order chi connectivity index (χ0) is 14.5. The lowest BCUT2D eigenvalue weighted by molar-refractivity contribution is -0.116. The van der Waals surface area contributed by atoms with Crippen molar-refractivity contribution in [1.29, 1.82) is 0 Å². The summed E-state index contributed by atoms with van der Waals surface area (Å²) in [7, 11) is 0. The zero-order valence-electron chi connectivity index (χ0n) is 11.8. The van der Waals surface area contributed by atoms with Gasteiger partial charge in [0.15, 0.2) is 0 Å². The number of unbranched alkanes of at least 4 members (excludes halogenated alkanes) is 1. The molecule has 0 saturated carbocycles. The molecule has 7 nitrogen and oxygen atoms in total. The van der Waals surface area contributed by atoms with Gasteiger partial charge < -0.3 is 0 Å². The number of anilines is 1. The van der Waals surface area contributed by atoms with E-state index in [0.717, 1.165) is 25.7 Å². The van der Waals surface area contributed by atoms with Crippen molar-refractivity contribution in [1.82, 2.24) is 19.6 Å². The molecule has 0 aromatic carbocycles. The Hall–Kier alpha value is -2.18. The standard InChI is InChI=1S/C13H19N5O2/c1-3-5-7-10(19)15-12-16-13-14-9(6-4-2)8-11(20)18(13)17-12/h8H,3-7H2,1-2H3,(H2,14,15,16,17,19). The van der Waals surface area contributed by atoms with Gasteiger partial charge in [-0.3, -0.25) is 20.0 Å². The number of hydrogen-bond acceptors (Lipinski definition) is 4. The molecule has 1 amide bonds. The van der Waals surface area contributed by atoms with Crippen LogP contribution in [-0.2, 0) is 11.2 Å². The summed E-state index contributed by atoms with van der Waals surface area (Å²) in [4.78, 5) is 31.9. The molecule has 2 heterocycles. The smallest absolute Gasteiger partial charge is 0.274 e. The van der Waals surface area contributed by atoms with Gasteiger partial charge >= 0.3 is 0 Å². The lowest BCUT2D eigenvalue weighted by Gasteiger charge is -1.98. The number of H-pyrrole nitrogens is 1. The summed E-state index contributed by atoms with van der Waals surface area (Å²) in [6.07, 6.45) is 3.86. The molecular weight excluding hydrogens is 258 g/mol. The van der Waals surface area contributed by atoms with E-state index in [9.17, 15) is 9.59 Å². The average Bonchev–Trinajstić information content (AvgIpc) is 2.79. The molecule has 0 fully saturated rings. The number of carbonyl (C=O) groups is 1. The normalized spacial score (nSPS) is 10.9. The zero-order valence-corrected chi connectivity index (χ0v) is 11.8. The summed E-state index contributed by atoms with van der Waals surface area (Å²) in [5.74, 6) is 0.420. The van der Waals surface area contributed by atoms with Crippen molar-refractivity contribution in [2.24, 2.45) is 0 Å². The summed E-state index contributed by atoms with van der Waals surface area (Å²) in [5.41, 5.74) is 0.493. The summed E-state index contributed by atoms with van der Waals surface area (Å²) < 4.78 is 1.23. The van der Waals surface area contributed by atoms with Gasteiger partial charge in [0.25, 0.3) is 11.3 Å². The maximum Gasteiger partial charge on any atom is 0.274 e. The minimum absolute atomic E-state index is 0.118. The molecule has 108 valence electrons. The number of aryl methyl sites for hydroxylation is 1. The number of fused-ring (bicyclic) bond motifs is 1. The molecule has 0 unspecified atom stereocenters. The van der Waals surface area contributed by atoms with Crippen molar-refractivity contribution in [3.63, 3.8) is 0 Å². The molecule has 0 saturated heterocycles. The molecule has 0 atom stereocenters. The second-order valence-electron chi connectivity index (χ2n) is 4.70. The van der Waals surface area contributed by atoms with E-state index in [1.54, 1.807) is 0 Å². The fourth-order valence-electron chi connectivity index (χ4n) is 1.90. The maximum atomic E-state index is 11.9. The molecule has 2 N–H and O–H groups in total. The van der Waals surface area contributed by atoms with E-state index in [2.05, 4.69) is 20.4 Å². The minimum Gasteiger partial charge on any atom is -0.295 e. The van der Waals surface area contributed by atoms with Crippen LogP contribution in [0.4, 0.5) is 5.95 Å². The van der Waals surface area contributed by atoms with Gasteiger partial charge in [-0.25, -0.2) is 4.98 Å². The van der Waals surface area contributed by atoms with Gasteiger partial charge in [0.2, 0.25) is 11.9 Å². The Morgan fingerprint density at radius 2 is 2.15 bits per heavy atom. The monoisotopic (exact) mass is 277 g/mol. The van der Waals surface area contributed by atoms with E-state index in [-0.39, 0.29) is 23.2 Å². The predicted molar refractivity (Wildman–Crippen MR) is 75.8 cm³/mol. The van der Waals surface area contributed by atoms with Crippen LogP contribution >= 0.6 is 0 Å². The van der Waals surface area contributed by atoms with E-state index < -0.39 is 0 Å². The molecule has 0 aliphatic carbocycles. The third-order valence-corrected chi connectivity index (χ3v) is 2.90. The second-order valence-corrected chi connectivity index (χ2v) is 4.70. The molecular formula is C13H19N5O2. The van der Waals surface area contributed by atoms with E-state index in [1.165, 1.54) is 10.6 Å². The van der Waals surface area contributed by atoms with Crippen LogP contribution in [0.1, 0.15) is 45.2 Å². The first kappa shape index (κ1) is 14.2. The van der Waals surface area contributed by atoms with Crippen molar-refractivity contribution >= 4 is 17.6 Å². The molecule has 0 aliphatic heterocycles. The summed E-state index contributed by atoms with van der Waals surface area (Å²) >= 11 is 0. The van der Waals surface area contributed by atoms with Gasteiger partial charge in [0.05, 0.1) is 5.69 Å². The summed E-state index contributed by atoms with van der Waals surface area (Å²) in [5, 5.41) is 5.38. The maximum absolute atomic E-state index is 11.9. The molecule has 2 rings (SSSR count). The van der Waals surface area contributed by atoms with Crippen molar-refractivity contribution in [2.75, 3.05) is 5.32 Å². The number of rotatable bonds is 6. The first-order valence-corrected chi connectivity index (χ1v) is 6.92. The number of aromatic nitrogens is 4. The number of carbonyl (C=O) groups excluding carboxylic acids is 1. The number of amides is 1. The fraction of sp³-hybridized carbons (Fsp3) is 0.538. The Bertz CT molecular complexity index is 658. The van der Waals surface area contributed by atoms with Crippen molar-refractivity contribution in [3.8, 4) is 0 Å². The van der Waals surface area contributed by atoms with Crippen LogP contribution in [0, 0.1) is 0 Å². The van der Waals surface area contributed by atoms with Crippen LogP contribution in [0.2, 0.25) is 0 Å². The van der Waals surface area contributed by atoms with Crippen LogP contribution in [0.25, 0.3) is 5.78 Å². The highest BCUT2D eigenvalue weighted by Crippen LogP contribution is 2.04. The Kier molecular flexibility index (Phi) is 4.49. The first-order chi connectivity index (χ1) is 9.63. The molecule has 7 heteroatoms. The molecule has 20 heavy (non-hydrogen) atoms. The Morgan fingerprint density at radius 1 is 1.35 bits per heavy atom.